The lowest BCUT2D eigenvalue weighted by molar-refractivity contribution is 0.510. The van der Waals surface area contributed by atoms with Gasteiger partial charge in [-0.3, -0.25) is 0 Å². The van der Waals surface area contributed by atoms with Crippen LogP contribution in [0.3, 0.4) is 0 Å². The maximum Gasteiger partial charge on any atom is 0.309 e. The Labute approximate surface area is 91.1 Å². The van der Waals surface area contributed by atoms with Gasteiger partial charge in [-0.1, -0.05) is 0 Å². The van der Waals surface area contributed by atoms with Crippen molar-refractivity contribution in [2.24, 2.45) is 0 Å². The van der Waals surface area contributed by atoms with Crippen molar-refractivity contribution < 1.29 is 8.42 Å². The van der Waals surface area contributed by atoms with E-state index in [4.69, 9.17) is 0 Å². The predicted molar refractivity (Wildman–Crippen MR) is 56.0 cm³/mol. The molecule has 0 fully saturated rings. The van der Waals surface area contributed by atoms with Gasteiger partial charge in [-0.2, -0.15) is 12.7 Å². The maximum atomic E-state index is 11.7. The Morgan fingerprint density at radius 3 is 2.71 bits per heavy atom. The SMILES string of the molecule is CN(C)S(=O)(=O)n1ccnc1C#CBr. The molecule has 1 aromatic heterocycles. The largest absolute Gasteiger partial charge is 0.309 e. The first kappa shape index (κ1) is 11.2. The third kappa shape index (κ3) is 1.97. The lowest BCUT2D eigenvalue weighted by atomic mass is 10.7. The number of hydrogen-bond donors (Lipinski definition) is 0. The van der Waals surface area contributed by atoms with Crippen molar-refractivity contribution in [1.82, 2.24) is 13.3 Å². The molecule has 0 atom stereocenters. The zero-order valence-electron chi connectivity index (χ0n) is 7.60. The molecular weight excluding hydrogens is 270 g/mol. The predicted octanol–water partition coefficient (Wildman–Crippen LogP) is 0.242. The van der Waals surface area contributed by atoms with E-state index < -0.39 is 10.2 Å². The highest BCUT2D eigenvalue weighted by molar-refractivity contribution is 9.12. The van der Waals surface area contributed by atoms with Crippen LogP contribution >= 0.6 is 15.9 Å². The lowest BCUT2D eigenvalue weighted by Crippen LogP contribution is -2.29. The zero-order valence-corrected chi connectivity index (χ0v) is 10.0. The summed E-state index contributed by atoms with van der Waals surface area (Å²) in [6.45, 7) is 0. The van der Waals surface area contributed by atoms with Crippen molar-refractivity contribution in [1.29, 1.82) is 0 Å². The standard InChI is InChI=1S/C7H8BrN3O2S/c1-10(2)14(12,13)11-6-5-9-7(11)3-4-8/h5-6H,1-2H3. The van der Waals surface area contributed by atoms with Gasteiger partial charge in [-0.15, -0.1) is 0 Å². The van der Waals surface area contributed by atoms with E-state index in [1.807, 2.05) is 0 Å². The molecule has 1 heterocycles. The highest BCUT2D eigenvalue weighted by atomic mass is 79.9. The molecule has 0 aliphatic heterocycles. The molecule has 1 aromatic rings. The summed E-state index contributed by atoms with van der Waals surface area (Å²) >= 11 is 2.89. The second kappa shape index (κ2) is 4.13. The highest BCUT2D eigenvalue weighted by Gasteiger charge is 2.18. The fraction of sp³-hybridized carbons (Fsp3) is 0.286. The van der Waals surface area contributed by atoms with Gasteiger partial charge in [0.25, 0.3) is 0 Å². The molecule has 0 aromatic carbocycles. The molecular formula is C7H8BrN3O2S. The summed E-state index contributed by atoms with van der Waals surface area (Å²) in [4.78, 5) is 6.23. The maximum absolute atomic E-state index is 11.7. The van der Waals surface area contributed by atoms with E-state index >= 15 is 0 Å². The Bertz CT molecular complexity index is 481. The Hall–Kier alpha value is -0.840. The summed E-state index contributed by atoms with van der Waals surface area (Å²) in [6, 6.07) is 0. The summed E-state index contributed by atoms with van der Waals surface area (Å²) < 4.78 is 25.4. The summed E-state index contributed by atoms with van der Waals surface area (Å²) in [5.74, 6) is 2.71. The number of hydrogen-bond acceptors (Lipinski definition) is 3. The van der Waals surface area contributed by atoms with Crippen molar-refractivity contribution >= 4 is 26.1 Å². The lowest BCUT2D eigenvalue weighted by Gasteiger charge is -2.11. The molecule has 0 saturated carbocycles. The van der Waals surface area contributed by atoms with Gasteiger partial charge in [-0.05, 0) is 10.8 Å². The number of nitrogens with zero attached hydrogens (tertiary/aromatic N) is 3. The molecule has 0 radical (unpaired) electrons. The van der Waals surface area contributed by atoms with E-state index in [9.17, 15) is 8.42 Å². The first-order valence-corrected chi connectivity index (χ1v) is 5.77. The quantitative estimate of drug-likeness (QED) is 0.728. The van der Waals surface area contributed by atoms with Crippen LogP contribution in [0.1, 0.15) is 5.82 Å². The van der Waals surface area contributed by atoms with Gasteiger partial charge in [0.2, 0.25) is 5.82 Å². The monoisotopic (exact) mass is 277 g/mol. The molecule has 7 heteroatoms. The molecule has 0 bridgehead atoms. The van der Waals surface area contributed by atoms with Crippen LogP contribution in [0.25, 0.3) is 0 Å². The third-order valence-electron chi connectivity index (χ3n) is 1.48. The summed E-state index contributed by atoms with van der Waals surface area (Å²) in [6.07, 6.45) is 2.73. The van der Waals surface area contributed by atoms with E-state index in [0.717, 1.165) is 8.28 Å². The minimum Gasteiger partial charge on any atom is -0.228 e. The first-order valence-electron chi connectivity index (χ1n) is 3.58. The molecule has 5 nitrogen and oxygen atoms in total. The molecule has 0 spiro atoms. The van der Waals surface area contributed by atoms with E-state index in [1.54, 1.807) is 0 Å². The second-order valence-electron chi connectivity index (χ2n) is 2.56. The Morgan fingerprint density at radius 1 is 1.57 bits per heavy atom. The van der Waals surface area contributed by atoms with Crippen LogP contribution in [0, 0.1) is 10.8 Å². The number of aromatic nitrogens is 2. The van der Waals surface area contributed by atoms with Crippen LogP contribution in [0.5, 0.6) is 0 Å². The smallest absolute Gasteiger partial charge is 0.228 e. The van der Waals surface area contributed by atoms with Crippen molar-refractivity contribution in [3.8, 4) is 10.8 Å². The number of rotatable bonds is 2. The molecule has 0 saturated heterocycles. The van der Waals surface area contributed by atoms with Crippen molar-refractivity contribution in [3.05, 3.63) is 18.2 Å². The average molecular weight is 278 g/mol. The van der Waals surface area contributed by atoms with Crippen LogP contribution in [-0.2, 0) is 10.2 Å². The highest BCUT2D eigenvalue weighted by Crippen LogP contribution is 2.04. The fourth-order valence-corrected chi connectivity index (χ4v) is 1.83. The molecule has 0 aliphatic rings. The minimum absolute atomic E-state index is 0.176. The van der Waals surface area contributed by atoms with Crippen LogP contribution in [-0.4, -0.2) is 35.8 Å². The molecule has 0 N–H and O–H groups in total. The number of imidazole rings is 1. The summed E-state index contributed by atoms with van der Waals surface area (Å²) in [5, 5.41) is 0. The Morgan fingerprint density at radius 2 is 2.21 bits per heavy atom. The van der Waals surface area contributed by atoms with Crippen LogP contribution < -0.4 is 0 Å². The third-order valence-corrected chi connectivity index (χ3v) is 3.39. The molecule has 0 unspecified atom stereocenters. The summed E-state index contributed by atoms with van der Waals surface area (Å²) in [7, 11) is -0.632. The van der Waals surface area contributed by atoms with E-state index in [-0.39, 0.29) is 5.82 Å². The second-order valence-corrected chi connectivity index (χ2v) is 4.97. The minimum atomic E-state index is -3.52. The Balaban J connectivity index is 3.31. The summed E-state index contributed by atoms with van der Waals surface area (Å²) in [5.41, 5.74) is 0. The van der Waals surface area contributed by atoms with Crippen LogP contribution in [0.2, 0.25) is 0 Å². The average Bonchev–Trinajstić information content (AvgIpc) is 2.53. The number of halogens is 1. The van der Waals surface area contributed by atoms with Gasteiger partial charge in [0.1, 0.15) is 0 Å². The molecule has 14 heavy (non-hydrogen) atoms. The van der Waals surface area contributed by atoms with E-state index in [2.05, 4.69) is 31.7 Å². The van der Waals surface area contributed by atoms with E-state index in [1.165, 1.54) is 26.5 Å². The van der Waals surface area contributed by atoms with Crippen LogP contribution in [0.4, 0.5) is 0 Å². The van der Waals surface area contributed by atoms with Gasteiger partial charge < -0.3 is 0 Å². The van der Waals surface area contributed by atoms with Gasteiger partial charge >= 0.3 is 10.2 Å². The van der Waals surface area contributed by atoms with Gasteiger partial charge in [0.15, 0.2) is 0 Å². The van der Waals surface area contributed by atoms with Crippen molar-refractivity contribution in [2.75, 3.05) is 14.1 Å². The van der Waals surface area contributed by atoms with E-state index in [0.29, 0.717) is 0 Å². The van der Waals surface area contributed by atoms with Crippen molar-refractivity contribution in [2.45, 2.75) is 0 Å². The molecule has 0 amide bonds. The van der Waals surface area contributed by atoms with Crippen molar-refractivity contribution in [3.63, 3.8) is 0 Å². The Kier molecular flexibility index (Phi) is 3.31. The topological polar surface area (TPSA) is 55.2 Å². The first-order chi connectivity index (χ1) is 6.50. The van der Waals surface area contributed by atoms with Gasteiger partial charge in [0.05, 0.1) is 0 Å². The van der Waals surface area contributed by atoms with Gasteiger partial charge in [0, 0.05) is 42.4 Å². The zero-order chi connectivity index (χ0) is 10.8. The molecule has 76 valence electrons. The normalized spacial score (nSPS) is 11.1. The van der Waals surface area contributed by atoms with Gasteiger partial charge in [-0.25, -0.2) is 8.96 Å². The molecule has 1 rings (SSSR count). The fourth-order valence-electron chi connectivity index (χ4n) is 0.784. The van der Waals surface area contributed by atoms with Crippen LogP contribution in [0.15, 0.2) is 12.4 Å². The molecule has 0 aliphatic carbocycles.